The Morgan fingerprint density at radius 3 is 3.25 bits per heavy atom. The molecule has 2 aliphatic rings. The van der Waals surface area contributed by atoms with Crippen LogP contribution >= 0.6 is 11.8 Å². The molecular formula is C14H15N3O2S. The van der Waals surface area contributed by atoms with Crippen molar-refractivity contribution in [2.45, 2.75) is 24.7 Å². The molecule has 2 heterocycles. The fourth-order valence-corrected chi connectivity index (χ4v) is 3.12. The van der Waals surface area contributed by atoms with Crippen molar-refractivity contribution >= 4 is 28.9 Å². The summed E-state index contributed by atoms with van der Waals surface area (Å²) >= 11 is 1.45. The number of fused-ring (bicyclic) bond motifs is 1. The van der Waals surface area contributed by atoms with E-state index >= 15 is 0 Å². The van der Waals surface area contributed by atoms with Gasteiger partial charge in [0.05, 0.1) is 12.2 Å². The molecule has 1 aliphatic carbocycles. The molecule has 1 aromatic rings. The summed E-state index contributed by atoms with van der Waals surface area (Å²) in [6, 6.07) is 2.02. The number of carbonyl (C=O) groups is 1. The van der Waals surface area contributed by atoms with E-state index in [2.05, 4.69) is 27.4 Å². The van der Waals surface area contributed by atoms with Crippen molar-refractivity contribution in [3.8, 4) is 0 Å². The van der Waals surface area contributed by atoms with E-state index in [-0.39, 0.29) is 12.5 Å². The van der Waals surface area contributed by atoms with Crippen molar-refractivity contribution in [1.82, 2.24) is 10.3 Å². The summed E-state index contributed by atoms with van der Waals surface area (Å²) in [5, 5.41) is 12.5. The van der Waals surface area contributed by atoms with Gasteiger partial charge in [0.2, 0.25) is 0 Å². The number of carbonyl (C=O) groups excluding carboxylic acids is 1. The first-order chi connectivity index (χ1) is 9.74. The van der Waals surface area contributed by atoms with Gasteiger partial charge in [-0.05, 0) is 30.0 Å². The number of aromatic nitrogens is 1. The van der Waals surface area contributed by atoms with Crippen molar-refractivity contribution in [3.63, 3.8) is 0 Å². The normalized spacial score (nSPS) is 21.1. The highest BCUT2D eigenvalue weighted by Crippen LogP contribution is 2.24. The number of aliphatic hydroxyl groups is 1. The number of thioether (sulfide) groups is 1. The van der Waals surface area contributed by atoms with Crippen molar-refractivity contribution in [3.05, 3.63) is 35.2 Å². The topological polar surface area (TPSA) is 74.6 Å². The Hall–Kier alpha value is -1.66. The average Bonchev–Trinajstić information content (AvgIpc) is 2.48. The maximum atomic E-state index is 11.4. The van der Waals surface area contributed by atoms with Crippen LogP contribution in [0.15, 0.2) is 23.3 Å². The standard InChI is InChI=1S/C14H15N3O2S/c18-12-7-16-14(17-13(12)19)20-8-11-10-4-2-1-3-9(10)5-6-15-11/h1,3,5-6,12,18H,2,4,7-8H2,(H,16,17,19). The number of amidine groups is 1. The van der Waals surface area contributed by atoms with Crippen LogP contribution in [0.5, 0.6) is 0 Å². The van der Waals surface area contributed by atoms with Crippen molar-refractivity contribution < 1.29 is 9.90 Å². The van der Waals surface area contributed by atoms with Crippen molar-refractivity contribution in [2.75, 3.05) is 6.54 Å². The number of aliphatic imine (C=N–C) groups is 1. The van der Waals surface area contributed by atoms with E-state index in [0.29, 0.717) is 10.9 Å². The van der Waals surface area contributed by atoms with Gasteiger partial charge in [-0.25, -0.2) is 0 Å². The largest absolute Gasteiger partial charge is 0.381 e. The molecule has 1 amide bonds. The van der Waals surface area contributed by atoms with Crippen LogP contribution in [-0.4, -0.2) is 33.8 Å². The molecule has 20 heavy (non-hydrogen) atoms. The summed E-state index contributed by atoms with van der Waals surface area (Å²) in [4.78, 5) is 20.0. The van der Waals surface area contributed by atoms with E-state index in [1.54, 1.807) is 0 Å². The van der Waals surface area contributed by atoms with Crippen LogP contribution in [-0.2, 0) is 17.0 Å². The minimum absolute atomic E-state index is 0.136. The van der Waals surface area contributed by atoms with E-state index in [1.807, 2.05) is 12.3 Å². The van der Waals surface area contributed by atoms with Crippen LogP contribution < -0.4 is 5.32 Å². The number of nitrogens with zero attached hydrogens (tertiary/aromatic N) is 2. The average molecular weight is 289 g/mol. The third-order valence-corrected chi connectivity index (χ3v) is 4.25. The second-order valence-corrected chi connectivity index (χ2v) is 5.67. The van der Waals surface area contributed by atoms with Gasteiger partial charge in [-0.2, -0.15) is 0 Å². The summed E-state index contributed by atoms with van der Waals surface area (Å²) in [5.41, 5.74) is 3.55. The Balaban J connectivity index is 1.70. The van der Waals surface area contributed by atoms with E-state index in [9.17, 15) is 9.90 Å². The van der Waals surface area contributed by atoms with Crippen LogP contribution in [0.4, 0.5) is 0 Å². The molecule has 6 heteroatoms. The third kappa shape index (κ3) is 2.76. The molecule has 0 radical (unpaired) electrons. The van der Waals surface area contributed by atoms with Gasteiger partial charge >= 0.3 is 0 Å². The molecule has 1 unspecified atom stereocenters. The molecule has 1 atom stereocenters. The summed E-state index contributed by atoms with van der Waals surface area (Å²) in [6.07, 6.45) is 7.15. The minimum atomic E-state index is -1.02. The summed E-state index contributed by atoms with van der Waals surface area (Å²) in [5.74, 6) is 0.292. The Kier molecular flexibility index (Phi) is 3.84. The molecule has 0 fully saturated rings. The Bertz CT molecular complexity index is 598. The second-order valence-electron chi connectivity index (χ2n) is 4.71. The van der Waals surface area contributed by atoms with Crippen molar-refractivity contribution in [2.24, 2.45) is 4.99 Å². The smallest absolute Gasteiger partial charge is 0.256 e. The second kappa shape index (κ2) is 5.76. The monoisotopic (exact) mass is 289 g/mol. The first kappa shape index (κ1) is 13.3. The van der Waals surface area contributed by atoms with Crippen LogP contribution in [0.25, 0.3) is 6.08 Å². The lowest BCUT2D eigenvalue weighted by Gasteiger charge is -2.18. The van der Waals surface area contributed by atoms with E-state index < -0.39 is 6.10 Å². The molecule has 0 spiro atoms. The predicted octanol–water partition coefficient (Wildman–Crippen LogP) is 1.12. The highest BCUT2D eigenvalue weighted by Gasteiger charge is 2.22. The zero-order valence-corrected chi connectivity index (χ0v) is 11.7. The quantitative estimate of drug-likeness (QED) is 0.855. The SMILES string of the molecule is O=C1NC(SCc2nccc3c2CCC=C3)=NCC1O. The van der Waals surface area contributed by atoms with Gasteiger partial charge in [0, 0.05) is 11.9 Å². The number of nitrogens with one attached hydrogen (secondary N) is 1. The summed E-state index contributed by atoms with van der Waals surface area (Å²) in [6.45, 7) is 0.136. The first-order valence-electron chi connectivity index (χ1n) is 6.53. The lowest BCUT2D eigenvalue weighted by Crippen LogP contribution is -2.43. The molecule has 3 rings (SSSR count). The van der Waals surface area contributed by atoms with Gasteiger partial charge in [0.25, 0.3) is 5.91 Å². The minimum Gasteiger partial charge on any atom is -0.381 e. The Labute approximate surface area is 121 Å². The van der Waals surface area contributed by atoms with E-state index in [4.69, 9.17) is 0 Å². The van der Waals surface area contributed by atoms with Crippen LogP contribution in [0, 0.1) is 0 Å². The molecule has 1 aliphatic heterocycles. The highest BCUT2D eigenvalue weighted by molar-refractivity contribution is 8.13. The van der Waals surface area contributed by atoms with Gasteiger partial charge in [-0.3, -0.25) is 14.8 Å². The van der Waals surface area contributed by atoms with Gasteiger partial charge in [-0.15, -0.1) is 0 Å². The number of hydrogen-bond acceptors (Lipinski definition) is 5. The molecule has 5 nitrogen and oxygen atoms in total. The van der Waals surface area contributed by atoms with Crippen LogP contribution in [0.2, 0.25) is 0 Å². The predicted molar refractivity (Wildman–Crippen MR) is 79.3 cm³/mol. The summed E-state index contributed by atoms with van der Waals surface area (Å²) in [7, 11) is 0. The third-order valence-electron chi connectivity index (χ3n) is 3.33. The van der Waals surface area contributed by atoms with Crippen LogP contribution in [0.3, 0.4) is 0 Å². The maximum Gasteiger partial charge on any atom is 0.256 e. The highest BCUT2D eigenvalue weighted by atomic mass is 32.2. The Morgan fingerprint density at radius 1 is 1.50 bits per heavy atom. The van der Waals surface area contributed by atoms with Gasteiger partial charge < -0.3 is 10.4 Å². The number of pyridine rings is 1. The fraction of sp³-hybridized carbons (Fsp3) is 0.357. The lowest BCUT2D eigenvalue weighted by atomic mass is 9.97. The zero-order chi connectivity index (χ0) is 13.9. The molecule has 0 aromatic carbocycles. The van der Waals surface area contributed by atoms with Gasteiger partial charge in [0.1, 0.15) is 0 Å². The maximum absolute atomic E-state index is 11.4. The Morgan fingerprint density at radius 2 is 2.40 bits per heavy atom. The van der Waals surface area contributed by atoms with Crippen molar-refractivity contribution in [1.29, 1.82) is 0 Å². The van der Waals surface area contributed by atoms with Gasteiger partial charge in [-0.1, -0.05) is 23.9 Å². The molecule has 1 aromatic heterocycles. The first-order valence-corrected chi connectivity index (χ1v) is 7.52. The molecule has 2 N–H and O–H groups in total. The number of rotatable bonds is 2. The molecule has 0 saturated heterocycles. The molecule has 104 valence electrons. The molecule has 0 bridgehead atoms. The number of allylic oxidation sites excluding steroid dienone is 1. The van der Waals surface area contributed by atoms with Crippen LogP contribution in [0.1, 0.15) is 23.2 Å². The fourth-order valence-electron chi connectivity index (χ4n) is 2.26. The number of amides is 1. The lowest BCUT2D eigenvalue weighted by molar-refractivity contribution is -0.127. The van der Waals surface area contributed by atoms with Gasteiger partial charge in [0.15, 0.2) is 11.3 Å². The zero-order valence-electron chi connectivity index (χ0n) is 10.9. The summed E-state index contributed by atoms with van der Waals surface area (Å²) < 4.78 is 0. The number of hydrogen-bond donors (Lipinski definition) is 2. The molecular weight excluding hydrogens is 274 g/mol. The molecule has 0 saturated carbocycles. The number of aliphatic hydroxyl groups excluding tert-OH is 1. The van der Waals surface area contributed by atoms with E-state index in [0.717, 1.165) is 18.5 Å². The van der Waals surface area contributed by atoms with E-state index in [1.165, 1.54) is 22.9 Å².